The minimum Gasteiger partial charge on any atom is -0.472 e. The number of aryl methyl sites for hydroxylation is 2. The molecule has 3 atom stereocenters. The molecule has 3 rings (SSSR count). The van der Waals surface area contributed by atoms with E-state index < -0.39 is 0 Å². The number of nitrogens with zero attached hydrogens (tertiary/aromatic N) is 4. The molecule has 11 heteroatoms. The third-order valence-electron chi connectivity index (χ3n) is 4.55. The quantitative estimate of drug-likeness (QED) is 0.634. The molecule has 27 heavy (non-hydrogen) atoms. The van der Waals surface area contributed by atoms with Gasteiger partial charge < -0.3 is 24.5 Å². The molecule has 1 saturated carbocycles. The summed E-state index contributed by atoms with van der Waals surface area (Å²) in [7, 11) is 1.64. The van der Waals surface area contributed by atoms with E-state index >= 15 is 0 Å². The Morgan fingerprint density at radius 3 is 2.78 bits per heavy atom. The minimum absolute atomic E-state index is 0.0114. The number of rotatable bonds is 8. The second kappa shape index (κ2) is 8.80. The van der Waals surface area contributed by atoms with Crippen molar-refractivity contribution in [1.29, 1.82) is 0 Å². The highest BCUT2D eigenvalue weighted by Gasteiger charge is 2.34. The zero-order chi connectivity index (χ0) is 19.2. The van der Waals surface area contributed by atoms with Crippen LogP contribution in [0, 0.1) is 19.8 Å². The fourth-order valence-corrected chi connectivity index (χ4v) is 3.13. The van der Waals surface area contributed by atoms with Gasteiger partial charge >= 0.3 is 6.01 Å². The number of methoxy groups -OCH3 is 1. The Balaban J connectivity index is 1.42. The van der Waals surface area contributed by atoms with Gasteiger partial charge in [-0.25, -0.2) is 4.63 Å². The van der Waals surface area contributed by atoms with E-state index in [4.69, 9.17) is 13.9 Å². The highest BCUT2D eigenvalue weighted by atomic mass is 16.6. The first-order chi connectivity index (χ1) is 13.1. The molecule has 148 valence electrons. The van der Waals surface area contributed by atoms with Gasteiger partial charge in [0, 0.05) is 20.0 Å². The molecule has 1 aliphatic carbocycles. The third kappa shape index (κ3) is 4.94. The maximum Gasteiger partial charge on any atom is 0.315 e. The highest BCUT2D eigenvalue weighted by Crippen LogP contribution is 2.28. The summed E-state index contributed by atoms with van der Waals surface area (Å²) >= 11 is 0. The smallest absolute Gasteiger partial charge is 0.315 e. The second-order valence-electron chi connectivity index (χ2n) is 6.46. The van der Waals surface area contributed by atoms with E-state index in [1.807, 2.05) is 0 Å². The number of ether oxygens (including phenoxy) is 2. The molecule has 0 spiro atoms. The first-order valence-corrected chi connectivity index (χ1v) is 8.86. The molecule has 2 aromatic rings. The highest BCUT2D eigenvalue weighted by molar-refractivity contribution is 5.78. The van der Waals surface area contributed by atoms with Gasteiger partial charge in [-0.1, -0.05) is 10.3 Å². The number of hydrogen-bond donors (Lipinski definition) is 2. The van der Waals surface area contributed by atoms with Crippen LogP contribution in [0.3, 0.4) is 0 Å². The first-order valence-electron chi connectivity index (χ1n) is 8.86. The molecule has 0 radical (unpaired) electrons. The van der Waals surface area contributed by atoms with E-state index in [2.05, 4.69) is 35.8 Å². The average molecular weight is 380 g/mol. The summed E-state index contributed by atoms with van der Waals surface area (Å²) in [6.45, 7) is 4.14. The molecule has 11 nitrogen and oxygen atoms in total. The number of amides is 1. The lowest BCUT2D eigenvalue weighted by Crippen LogP contribution is -2.45. The standard InChI is InChI=1S/C16H24N6O5/c1-9-15(22-27-21-9)25-7-6-17-14(23)11-4-5-12(13(8-11)24-3)18-16-20-19-10(2)26-16/h11-13H,4-8H2,1-3H3,(H,17,23)(H,18,20)/t11-,12+,13+/m0/s1. The lowest BCUT2D eigenvalue weighted by molar-refractivity contribution is -0.127. The Morgan fingerprint density at radius 2 is 2.11 bits per heavy atom. The number of hydrogen-bond acceptors (Lipinski definition) is 10. The zero-order valence-corrected chi connectivity index (χ0v) is 15.6. The van der Waals surface area contributed by atoms with Gasteiger partial charge in [0.15, 0.2) is 0 Å². The van der Waals surface area contributed by atoms with Crippen molar-refractivity contribution in [2.24, 2.45) is 5.92 Å². The Hall–Kier alpha value is -2.69. The summed E-state index contributed by atoms with van der Waals surface area (Å²) in [5, 5.41) is 21.1. The lowest BCUT2D eigenvalue weighted by Gasteiger charge is -2.34. The van der Waals surface area contributed by atoms with Gasteiger partial charge in [0.05, 0.1) is 18.7 Å². The van der Waals surface area contributed by atoms with Crippen LogP contribution in [0.1, 0.15) is 30.8 Å². The monoisotopic (exact) mass is 380 g/mol. The van der Waals surface area contributed by atoms with E-state index in [1.165, 1.54) is 0 Å². The van der Waals surface area contributed by atoms with Crippen molar-refractivity contribution < 1.29 is 23.3 Å². The van der Waals surface area contributed by atoms with E-state index in [0.29, 0.717) is 43.1 Å². The fourth-order valence-electron chi connectivity index (χ4n) is 3.13. The summed E-state index contributed by atoms with van der Waals surface area (Å²) in [6, 6.07) is 0.391. The zero-order valence-electron chi connectivity index (χ0n) is 15.6. The molecular formula is C16H24N6O5. The Bertz CT molecular complexity index is 747. The lowest BCUT2D eigenvalue weighted by atomic mass is 9.83. The molecule has 1 aliphatic rings. The Morgan fingerprint density at radius 1 is 1.26 bits per heavy atom. The number of carbonyl (C=O) groups excluding carboxylic acids is 1. The van der Waals surface area contributed by atoms with Crippen molar-refractivity contribution in [3.63, 3.8) is 0 Å². The molecule has 2 heterocycles. The number of aromatic nitrogens is 4. The van der Waals surface area contributed by atoms with Gasteiger partial charge in [-0.3, -0.25) is 4.79 Å². The van der Waals surface area contributed by atoms with Crippen LogP contribution >= 0.6 is 0 Å². The van der Waals surface area contributed by atoms with Crippen LogP contribution in [-0.4, -0.2) is 58.8 Å². The summed E-state index contributed by atoms with van der Waals surface area (Å²) in [5.41, 5.74) is 0.575. The van der Waals surface area contributed by atoms with Crippen LogP contribution in [0.4, 0.5) is 6.01 Å². The van der Waals surface area contributed by atoms with Crippen LogP contribution in [-0.2, 0) is 9.53 Å². The van der Waals surface area contributed by atoms with Crippen molar-refractivity contribution in [2.75, 3.05) is 25.6 Å². The Kier molecular flexibility index (Phi) is 6.22. The average Bonchev–Trinajstić information content (AvgIpc) is 3.26. The van der Waals surface area contributed by atoms with Gasteiger partial charge in [-0.15, -0.1) is 5.10 Å². The van der Waals surface area contributed by atoms with Crippen LogP contribution in [0.15, 0.2) is 9.05 Å². The number of carbonyl (C=O) groups is 1. The predicted molar refractivity (Wildman–Crippen MR) is 92.1 cm³/mol. The largest absolute Gasteiger partial charge is 0.472 e. The molecule has 0 aromatic carbocycles. The molecule has 2 aromatic heterocycles. The maximum atomic E-state index is 12.4. The predicted octanol–water partition coefficient (Wildman–Crippen LogP) is 0.860. The van der Waals surface area contributed by atoms with Crippen LogP contribution in [0.25, 0.3) is 0 Å². The van der Waals surface area contributed by atoms with Crippen LogP contribution in [0.5, 0.6) is 5.88 Å². The Labute approximate surface area is 156 Å². The van der Waals surface area contributed by atoms with Crippen molar-refractivity contribution in [3.8, 4) is 5.88 Å². The van der Waals surface area contributed by atoms with Gasteiger partial charge in [0.1, 0.15) is 12.3 Å². The van der Waals surface area contributed by atoms with Crippen LogP contribution in [0.2, 0.25) is 0 Å². The summed E-state index contributed by atoms with van der Waals surface area (Å²) in [6.07, 6.45) is 1.99. The topological polar surface area (TPSA) is 137 Å². The van der Waals surface area contributed by atoms with Crippen molar-refractivity contribution in [1.82, 2.24) is 25.8 Å². The third-order valence-corrected chi connectivity index (χ3v) is 4.55. The molecule has 0 bridgehead atoms. The van der Waals surface area contributed by atoms with E-state index in [0.717, 1.165) is 12.8 Å². The maximum absolute atomic E-state index is 12.4. The SMILES string of the molecule is CO[C@@H]1C[C@@H](C(=O)NCCOc2nonc2C)CC[C@H]1Nc1nnc(C)o1. The van der Waals surface area contributed by atoms with Gasteiger partial charge in [-0.2, -0.15) is 0 Å². The summed E-state index contributed by atoms with van der Waals surface area (Å²) in [5.74, 6) is 0.709. The summed E-state index contributed by atoms with van der Waals surface area (Å²) < 4.78 is 20.9. The molecule has 1 fully saturated rings. The second-order valence-corrected chi connectivity index (χ2v) is 6.46. The van der Waals surface area contributed by atoms with Gasteiger partial charge in [0.2, 0.25) is 11.8 Å². The molecule has 2 N–H and O–H groups in total. The van der Waals surface area contributed by atoms with Crippen molar-refractivity contribution in [3.05, 3.63) is 11.6 Å². The molecule has 0 unspecified atom stereocenters. The van der Waals surface area contributed by atoms with Crippen molar-refractivity contribution in [2.45, 2.75) is 45.3 Å². The van der Waals surface area contributed by atoms with Crippen molar-refractivity contribution >= 4 is 11.9 Å². The van der Waals surface area contributed by atoms with E-state index in [1.54, 1.807) is 21.0 Å². The molecule has 1 amide bonds. The van der Waals surface area contributed by atoms with E-state index in [-0.39, 0.29) is 24.0 Å². The first kappa shape index (κ1) is 19.1. The van der Waals surface area contributed by atoms with Gasteiger partial charge in [0.25, 0.3) is 5.88 Å². The minimum atomic E-state index is -0.123. The summed E-state index contributed by atoms with van der Waals surface area (Å²) in [4.78, 5) is 12.4. The number of anilines is 1. The fraction of sp³-hybridized carbons (Fsp3) is 0.688. The van der Waals surface area contributed by atoms with Crippen LogP contribution < -0.4 is 15.4 Å². The molecule has 0 saturated heterocycles. The van der Waals surface area contributed by atoms with Gasteiger partial charge in [-0.05, 0) is 31.3 Å². The number of nitrogens with one attached hydrogen (secondary N) is 2. The van der Waals surface area contributed by atoms with E-state index in [9.17, 15) is 4.79 Å². The normalized spacial score (nSPS) is 22.4. The molecular weight excluding hydrogens is 356 g/mol. The molecule has 0 aliphatic heterocycles.